The third-order valence-electron chi connectivity index (χ3n) is 3.51. The molecule has 1 aromatic carbocycles. The molecule has 0 aliphatic carbocycles. The Morgan fingerprint density at radius 3 is 2.70 bits per heavy atom. The SMILES string of the molecule is COc1ccccc1C(=O)CS(=O)(=O)C1CCOC1C. The highest BCUT2D eigenvalue weighted by molar-refractivity contribution is 7.92. The molecule has 0 saturated carbocycles. The van der Waals surface area contributed by atoms with Crippen LogP contribution in [0.25, 0.3) is 0 Å². The van der Waals surface area contributed by atoms with Gasteiger partial charge in [0, 0.05) is 6.61 Å². The fourth-order valence-electron chi connectivity index (χ4n) is 2.43. The first-order valence-corrected chi connectivity index (χ1v) is 8.16. The lowest BCUT2D eigenvalue weighted by molar-refractivity contribution is 0.101. The van der Waals surface area contributed by atoms with Crippen molar-refractivity contribution in [2.24, 2.45) is 0 Å². The van der Waals surface area contributed by atoms with Gasteiger partial charge in [0.15, 0.2) is 15.6 Å². The van der Waals surface area contributed by atoms with Crippen molar-refractivity contribution in [2.75, 3.05) is 19.5 Å². The van der Waals surface area contributed by atoms with Crippen LogP contribution in [0.3, 0.4) is 0 Å². The van der Waals surface area contributed by atoms with E-state index in [0.717, 1.165) is 0 Å². The third kappa shape index (κ3) is 3.02. The van der Waals surface area contributed by atoms with Crippen LogP contribution in [0.2, 0.25) is 0 Å². The maximum atomic E-state index is 12.3. The highest BCUT2D eigenvalue weighted by Crippen LogP contribution is 2.24. The van der Waals surface area contributed by atoms with E-state index in [-0.39, 0.29) is 6.10 Å². The van der Waals surface area contributed by atoms with Gasteiger partial charge >= 0.3 is 0 Å². The zero-order chi connectivity index (χ0) is 14.8. The van der Waals surface area contributed by atoms with Gasteiger partial charge in [-0.25, -0.2) is 8.42 Å². The van der Waals surface area contributed by atoms with Crippen LogP contribution in [0.5, 0.6) is 5.75 Å². The number of sulfone groups is 1. The van der Waals surface area contributed by atoms with Gasteiger partial charge in [-0.2, -0.15) is 0 Å². The monoisotopic (exact) mass is 298 g/mol. The summed E-state index contributed by atoms with van der Waals surface area (Å²) in [6.45, 7) is 2.15. The fourth-order valence-corrected chi connectivity index (χ4v) is 4.28. The maximum Gasteiger partial charge on any atom is 0.181 e. The lowest BCUT2D eigenvalue weighted by Crippen LogP contribution is -2.32. The molecule has 1 aliphatic heterocycles. The molecule has 0 spiro atoms. The van der Waals surface area contributed by atoms with Crippen LogP contribution in [0.4, 0.5) is 0 Å². The molecule has 1 aliphatic rings. The average Bonchev–Trinajstić information content (AvgIpc) is 2.85. The van der Waals surface area contributed by atoms with Crippen molar-refractivity contribution in [3.63, 3.8) is 0 Å². The molecule has 5 nitrogen and oxygen atoms in total. The lowest BCUT2D eigenvalue weighted by Gasteiger charge is -2.15. The topological polar surface area (TPSA) is 69.7 Å². The summed E-state index contributed by atoms with van der Waals surface area (Å²) in [5, 5.41) is -0.596. The standard InChI is InChI=1S/C14H18O5S/c1-10-14(7-8-19-10)20(16,17)9-12(15)11-5-3-4-6-13(11)18-2/h3-6,10,14H,7-9H2,1-2H3. The molecule has 0 radical (unpaired) electrons. The first kappa shape index (κ1) is 15.0. The van der Waals surface area contributed by atoms with Crippen LogP contribution in [0.1, 0.15) is 23.7 Å². The van der Waals surface area contributed by atoms with Crippen molar-refractivity contribution in [2.45, 2.75) is 24.7 Å². The van der Waals surface area contributed by atoms with Crippen molar-refractivity contribution in [3.8, 4) is 5.75 Å². The molecule has 0 N–H and O–H groups in total. The molecule has 2 atom stereocenters. The Balaban J connectivity index is 2.19. The van der Waals surface area contributed by atoms with Crippen molar-refractivity contribution < 1.29 is 22.7 Å². The predicted octanol–water partition coefficient (Wildman–Crippen LogP) is 1.47. The third-order valence-corrected chi connectivity index (χ3v) is 5.71. The Hall–Kier alpha value is -1.40. The van der Waals surface area contributed by atoms with Crippen LogP contribution in [0.15, 0.2) is 24.3 Å². The summed E-state index contributed by atoms with van der Waals surface area (Å²) in [4.78, 5) is 12.2. The Kier molecular flexibility index (Phi) is 4.45. The maximum absolute atomic E-state index is 12.3. The molecule has 20 heavy (non-hydrogen) atoms. The molecular formula is C14H18O5S. The van der Waals surface area contributed by atoms with Gasteiger partial charge < -0.3 is 9.47 Å². The summed E-state index contributed by atoms with van der Waals surface area (Å²) < 4.78 is 34.9. The van der Waals surface area contributed by atoms with E-state index in [0.29, 0.717) is 24.3 Å². The first-order valence-electron chi connectivity index (χ1n) is 6.45. The number of Topliss-reactive ketones (excluding diaryl/α,β-unsaturated/α-hetero) is 1. The number of rotatable bonds is 5. The second-order valence-electron chi connectivity index (χ2n) is 4.83. The van der Waals surface area contributed by atoms with Crippen LogP contribution < -0.4 is 4.74 Å². The molecule has 2 unspecified atom stereocenters. The minimum Gasteiger partial charge on any atom is -0.496 e. The van der Waals surface area contributed by atoms with E-state index >= 15 is 0 Å². The fraction of sp³-hybridized carbons (Fsp3) is 0.500. The molecular weight excluding hydrogens is 280 g/mol. The van der Waals surface area contributed by atoms with E-state index in [4.69, 9.17) is 9.47 Å². The minimum absolute atomic E-state index is 0.296. The van der Waals surface area contributed by atoms with E-state index in [1.807, 2.05) is 0 Å². The van der Waals surface area contributed by atoms with Gasteiger partial charge in [-0.15, -0.1) is 0 Å². The van der Waals surface area contributed by atoms with E-state index in [2.05, 4.69) is 0 Å². The van der Waals surface area contributed by atoms with Crippen LogP contribution >= 0.6 is 0 Å². The summed E-state index contributed by atoms with van der Waals surface area (Å²) in [5.41, 5.74) is 0.296. The van der Waals surface area contributed by atoms with E-state index in [9.17, 15) is 13.2 Å². The number of methoxy groups -OCH3 is 1. The molecule has 1 saturated heterocycles. The van der Waals surface area contributed by atoms with E-state index in [1.165, 1.54) is 7.11 Å². The van der Waals surface area contributed by atoms with Gasteiger partial charge in [-0.1, -0.05) is 12.1 Å². The molecule has 1 fully saturated rings. The largest absolute Gasteiger partial charge is 0.496 e. The summed E-state index contributed by atoms with van der Waals surface area (Å²) in [7, 11) is -2.06. The van der Waals surface area contributed by atoms with Gasteiger partial charge in [0.05, 0.1) is 24.0 Å². The Morgan fingerprint density at radius 1 is 1.40 bits per heavy atom. The lowest BCUT2D eigenvalue weighted by atomic mass is 10.1. The number of ether oxygens (including phenoxy) is 2. The number of carbonyl (C=O) groups is 1. The van der Waals surface area contributed by atoms with Crippen molar-refractivity contribution >= 4 is 15.6 Å². The highest BCUT2D eigenvalue weighted by Gasteiger charge is 2.37. The summed E-state index contributed by atoms with van der Waals surface area (Å²) in [5.74, 6) is -0.559. The molecule has 1 heterocycles. The number of carbonyl (C=O) groups excluding carboxylic acids is 1. The molecule has 110 valence electrons. The minimum atomic E-state index is -3.51. The smallest absolute Gasteiger partial charge is 0.181 e. The molecule has 0 bridgehead atoms. The molecule has 0 amide bonds. The van der Waals surface area contributed by atoms with E-state index < -0.39 is 26.6 Å². The normalized spacial score (nSPS) is 22.7. The number of hydrogen-bond donors (Lipinski definition) is 0. The predicted molar refractivity (Wildman–Crippen MR) is 74.9 cm³/mol. The van der Waals surface area contributed by atoms with Gasteiger partial charge in [0.1, 0.15) is 11.5 Å². The second-order valence-corrected chi connectivity index (χ2v) is 7.05. The second kappa shape index (κ2) is 5.93. The molecule has 6 heteroatoms. The molecule has 2 rings (SSSR count). The highest BCUT2D eigenvalue weighted by atomic mass is 32.2. The Morgan fingerprint density at radius 2 is 2.10 bits per heavy atom. The number of ketones is 1. The van der Waals surface area contributed by atoms with E-state index in [1.54, 1.807) is 31.2 Å². The van der Waals surface area contributed by atoms with Crippen molar-refractivity contribution in [3.05, 3.63) is 29.8 Å². The van der Waals surface area contributed by atoms with Crippen LogP contribution in [-0.2, 0) is 14.6 Å². The average molecular weight is 298 g/mol. The summed E-state index contributed by atoms with van der Waals surface area (Å²) in [6.07, 6.45) is 0.0911. The number of hydrogen-bond acceptors (Lipinski definition) is 5. The molecule has 0 aromatic heterocycles. The Bertz CT molecular complexity index is 593. The van der Waals surface area contributed by atoms with Gasteiger partial charge in [-0.3, -0.25) is 4.79 Å². The van der Waals surface area contributed by atoms with Gasteiger partial charge in [0.25, 0.3) is 0 Å². The van der Waals surface area contributed by atoms with Crippen molar-refractivity contribution in [1.82, 2.24) is 0 Å². The van der Waals surface area contributed by atoms with Crippen LogP contribution in [0, 0.1) is 0 Å². The van der Waals surface area contributed by atoms with Gasteiger partial charge in [-0.05, 0) is 25.5 Å². The summed E-state index contributed by atoms with van der Waals surface area (Å²) in [6, 6.07) is 6.63. The molecule has 1 aromatic rings. The van der Waals surface area contributed by atoms with Crippen LogP contribution in [-0.4, -0.2) is 45.0 Å². The quantitative estimate of drug-likeness (QED) is 0.770. The Labute approximate surface area is 118 Å². The zero-order valence-corrected chi connectivity index (χ0v) is 12.4. The zero-order valence-electron chi connectivity index (χ0n) is 11.5. The number of benzene rings is 1. The summed E-state index contributed by atoms with van der Waals surface area (Å²) >= 11 is 0. The van der Waals surface area contributed by atoms with Gasteiger partial charge in [0.2, 0.25) is 0 Å². The van der Waals surface area contributed by atoms with Crippen molar-refractivity contribution in [1.29, 1.82) is 0 Å². The number of para-hydroxylation sites is 1. The first-order chi connectivity index (χ1) is 9.45.